The summed E-state index contributed by atoms with van der Waals surface area (Å²) in [6.45, 7) is 5.57. The van der Waals surface area contributed by atoms with E-state index in [0.717, 1.165) is 5.70 Å². The van der Waals surface area contributed by atoms with E-state index in [2.05, 4.69) is 12.3 Å². The molecule has 1 heteroatoms. The van der Waals surface area contributed by atoms with Gasteiger partial charge >= 0.3 is 0 Å². The van der Waals surface area contributed by atoms with Crippen LogP contribution in [0.2, 0.25) is 0 Å². The summed E-state index contributed by atoms with van der Waals surface area (Å²) in [6.07, 6.45) is 7.50. The largest absolute Gasteiger partial charge is 0.377 e. The van der Waals surface area contributed by atoms with E-state index in [-0.39, 0.29) is 0 Å². The summed E-state index contributed by atoms with van der Waals surface area (Å²) in [5.41, 5.74) is 4.10. The summed E-state index contributed by atoms with van der Waals surface area (Å²) in [5.74, 6) is 0. The lowest BCUT2D eigenvalue weighted by Gasteiger charge is -2.11. The summed E-state index contributed by atoms with van der Waals surface area (Å²) < 4.78 is 0. The molecule has 0 fully saturated rings. The first kappa shape index (κ1) is 9.80. The number of hydrogen-bond donors (Lipinski definition) is 0. The monoisotopic (exact) mass is 149 g/mol. The Balaban J connectivity index is 4.48. The normalized spacial score (nSPS) is 9.91. The Hall–Kier alpha value is -1.20. The Morgan fingerprint density at radius 1 is 1.45 bits per heavy atom. The van der Waals surface area contributed by atoms with Gasteiger partial charge in [-0.3, -0.25) is 0 Å². The first-order valence-electron chi connectivity index (χ1n) is 3.59. The van der Waals surface area contributed by atoms with Gasteiger partial charge < -0.3 is 4.90 Å². The zero-order valence-electron chi connectivity index (χ0n) is 7.46. The lowest BCUT2D eigenvalue weighted by Crippen LogP contribution is -2.08. The van der Waals surface area contributed by atoms with Gasteiger partial charge in [-0.25, -0.2) is 0 Å². The Kier molecular flexibility index (Phi) is 4.97. The maximum atomic E-state index is 3.63. The molecule has 0 atom stereocenters. The van der Waals surface area contributed by atoms with Crippen LogP contribution in [-0.2, 0) is 0 Å². The molecule has 0 aliphatic heterocycles. The lowest BCUT2D eigenvalue weighted by atomic mass is 10.3. The van der Waals surface area contributed by atoms with Gasteiger partial charge in [-0.15, -0.1) is 5.73 Å². The molecule has 11 heavy (non-hydrogen) atoms. The standard InChI is InChI=1S/C10H15N/c1-5-7-9-10(8-6-2)11(3)4/h5-6,8-9H,2H2,1,3-4H3/b10-8+. The molecular formula is C10H15N. The van der Waals surface area contributed by atoms with Crippen LogP contribution in [0.1, 0.15) is 6.92 Å². The Morgan fingerprint density at radius 3 is 2.45 bits per heavy atom. The molecule has 0 unspecified atom stereocenters. The van der Waals surface area contributed by atoms with Crippen LogP contribution in [0, 0.1) is 0 Å². The minimum absolute atomic E-state index is 1.10. The minimum Gasteiger partial charge on any atom is -0.377 e. The van der Waals surface area contributed by atoms with Crippen molar-refractivity contribution in [3.8, 4) is 0 Å². The summed E-state index contributed by atoms with van der Waals surface area (Å²) in [4.78, 5) is 2.01. The third-order valence-corrected chi connectivity index (χ3v) is 1.20. The van der Waals surface area contributed by atoms with Crippen LogP contribution in [0.3, 0.4) is 0 Å². The smallest absolute Gasteiger partial charge is 0.0438 e. The number of nitrogens with zero attached hydrogens (tertiary/aromatic N) is 1. The number of rotatable bonds is 3. The van der Waals surface area contributed by atoms with E-state index in [1.165, 1.54) is 0 Å². The highest BCUT2D eigenvalue weighted by molar-refractivity contribution is 5.20. The van der Waals surface area contributed by atoms with E-state index in [4.69, 9.17) is 0 Å². The van der Waals surface area contributed by atoms with Crippen molar-refractivity contribution in [1.29, 1.82) is 0 Å². The molecule has 0 amide bonds. The Bertz CT molecular complexity index is 203. The summed E-state index contributed by atoms with van der Waals surface area (Å²) in [6, 6.07) is 0. The molecule has 0 saturated carbocycles. The quantitative estimate of drug-likeness (QED) is 0.440. The fraction of sp³-hybridized carbons (Fsp3) is 0.300. The number of allylic oxidation sites excluding steroid dienone is 3. The zero-order valence-corrected chi connectivity index (χ0v) is 7.46. The van der Waals surface area contributed by atoms with Crippen molar-refractivity contribution in [2.45, 2.75) is 6.92 Å². The highest BCUT2D eigenvalue weighted by atomic mass is 15.1. The molecule has 0 aliphatic carbocycles. The average Bonchev–Trinajstić information content (AvgIpc) is 1.97. The second-order valence-electron chi connectivity index (χ2n) is 2.32. The molecule has 0 radical (unpaired) electrons. The predicted molar refractivity (Wildman–Crippen MR) is 50.3 cm³/mol. The molecule has 0 heterocycles. The van der Waals surface area contributed by atoms with E-state index in [9.17, 15) is 0 Å². The highest BCUT2D eigenvalue weighted by Crippen LogP contribution is 1.98. The van der Waals surface area contributed by atoms with Gasteiger partial charge in [0.15, 0.2) is 0 Å². The van der Waals surface area contributed by atoms with Crippen LogP contribution in [-0.4, -0.2) is 19.0 Å². The molecule has 0 aromatic rings. The van der Waals surface area contributed by atoms with E-state index in [0.29, 0.717) is 0 Å². The van der Waals surface area contributed by atoms with Crippen LogP contribution >= 0.6 is 0 Å². The molecule has 0 rings (SSSR count). The van der Waals surface area contributed by atoms with Crippen molar-refractivity contribution < 1.29 is 0 Å². The second kappa shape index (κ2) is 5.57. The van der Waals surface area contributed by atoms with Crippen molar-refractivity contribution >= 4 is 0 Å². The summed E-state index contributed by atoms with van der Waals surface area (Å²) >= 11 is 0. The van der Waals surface area contributed by atoms with Crippen LogP contribution in [0.25, 0.3) is 0 Å². The van der Waals surface area contributed by atoms with E-state index in [1.807, 2.05) is 44.1 Å². The van der Waals surface area contributed by atoms with Crippen molar-refractivity contribution in [2.24, 2.45) is 0 Å². The minimum atomic E-state index is 1.10. The molecule has 0 aromatic heterocycles. The van der Waals surface area contributed by atoms with E-state index in [1.54, 1.807) is 6.08 Å². The van der Waals surface area contributed by atoms with Gasteiger partial charge in [0.1, 0.15) is 0 Å². The average molecular weight is 149 g/mol. The molecule has 1 nitrogen and oxygen atoms in total. The third kappa shape index (κ3) is 4.24. The maximum Gasteiger partial charge on any atom is 0.0438 e. The highest BCUT2D eigenvalue weighted by Gasteiger charge is 1.89. The topological polar surface area (TPSA) is 3.24 Å². The Labute approximate surface area is 69.0 Å². The van der Waals surface area contributed by atoms with E-state index < -0.39 is 0 Å². The van der Waals surface area contributed by atoms with Gasteiger partial charge in [0.2, 0.25) is 0 Å². The summed E-state index contributed by atoms with van der Waals surface area (Å²) in [7, 11) is 3.98. The molecule has 0 saturated heterocycles. The van der Waals surface area contributed by atoms with Crippen molar-refractivity contribution in [1.82, 2.24) is 4.90 Å². The SMILES string of the molecule is C=C/C=C(\C=C=CC)N(C)C. The molecule has 0 aliphatic rings. The fourth-order valence-corrected chi connectivity index (χ4v) is 0.616. The maximum absolute atomic E-state index is 3.63. The molecule has 0 bridgehead atoms. The second-order valence-corrected chi connectivity index (χ2v) is 2.32. The zero-order chi connectivity index (χ0) is 8.69. The fourth-order valence-electron chi connectivity index (χ4n) is 0.616. The first-order chi connectivity index (χ1) is 5.22. The summed E-state index contributed by atoms with van der Waals surface area (Å²) in [5, 5.41) is 0. The van der Waals surface area contributed by atoms with Gasteiger partial charge in [-0.05, 0) is 19.1 Å². The van der Waals surface area contributed by atoms with Crippen molar-refractivity contribution in [3.05, 3.63) is 42.3 Å². The number of likely N-dealkylation sites (N-methyl/N-ethyl adjacent to an activating group) is 1. The molecule has 0 aromatic carbocycles. The van der Waals surface area contributed by atoms with Crippen molar-refractivity contribution in [3.63, 3.8) is 0 Å². The van der Waals surface area contributed by atoms with Gasteiger partial charge in [0.25, 0.3) is 0 Å². The predicted octanol–water partition coefficient (Wildman–Crippen LogP) is 2.35. The van der Waals surface area contributed by atoms with E-state index >= 15 is 0 Å². The molecular weight excluding hydrogens is 134 g/mol. The molecule has 0 spiro atoms. The van der Waals surface area contributed by atoms with Gasteiger partial charge in [0, 0.05) is 25.9 Å². The van der Waals surface area contributed by atoms with Crippen LogP contribution < -0.4 is 0 Å². The van der Waals surface area contributed by atoms with Crippen LogP contribution in [0.5, 0.6) is 0 Å². The number of hydrogen-bond acceptors (Lipinski definition) is 1. The Morgan fingerprint density at radius 2 is 2.09 bits per heavy atom. The van der Waals surface area contributed by atoms with Crippen LogP contribution in [0.15, 0.2) is 42.3 Å². The van der Waals surface area contributed by atoms with Gasteiger partial charge in [-0.2, -0.15) is 0 Å². The van der Waals surface area contributed by atoms with Gasteiger partial charge in [0.05, 0.1) is 0 Å². The van der Waals surface area contributed by atoms with Crippen LogP contribution in [0.4, 0.5) is 0 Å². The van der Waals surface area contributed by atoms with Crippen molar-refractivity contribution in [2.75, 3.05) is 14.1 Å². The first-order valence-corrected chi connectivity index (χ1v) is 3.59. The van der Waals surface area contributed by atoms with Gasteiger partial charge in [-0.1, -0.05) is 12.7 Å². The molecule has 0 N–H and O–H groups in total. The molecule has 60 valence electrons. The lowest BCUT2D eigenvalue weighted by molar-refractivity contribution is 0.530. The third-order valence-electron chi connectivity index (χ3n) is 1.20.